The van der Waals surface area contributed by atoms with E-state index in [-0.39, 0.29) is 18.4 Å². The molecule has 1 aliphatic heterocycles. The molecular formula is C36H36AlCl3N2O4. The number of halogens is 3. The molecule has 4 aromatic carbocycles. The third-order valence-electron chi connectivity index (χ3n) is 8.86. The van der Waals surface area contributed by atoms with E-state index in [1.807, 2.05) is 59.5 Å². The second-order valence-corrected chi connectivity index (χ2v) is 18.8. The highest BCUT2D eigenvalue weighted by atomic mass is 35.8. The number of ether oxygens (including phenoxy) is 2. The van der Waals surface area contributed by atoms with E-state index in [4.69, 9.17) is 39.6 Å². The molecule has 46 heavy (non-hydrogen) atoms. The number of carbonyl (C=O) groups excluding carboxylic acids is 2. The Labute approximate surface area is 287 Å². The van der Waals surface area contributed by atoms with Gasteiger partial charge in [0, 0.05) is 35.2 Å². The number of fused-ring (bicyclic) bond motifs is 4. The number of benzene rings is 4. The first kappa shape index (κ1) is 34.2. The molecule has 1 atom stereocenters. The van der Waals surface area contributed by atoms with E-state index in [0.29, 0.717) is 12.1 Å². The predicted molar refractivity (Wildman–Crippen MR) is 190 cm³/mol. The fourth-order valence-corrected chi connectivity index (χ4v) is 7.18. The molecule has 0 aromatic heterocycles. The van der Waals surface area contributed by atoms with Crippen molar-refractivity contribution in [2.45, 2.75) is 51.0 Å². The first-order chi connectivity index (χ1) is 21.9. The summed E-state index contributed by atoms with van der Waals surface area (Å²) in [6, 6.07) is 30.4. The van der Waals surface area contributed by atoms with Crippen LogP contribution in [0.2, 0.25) is 0 Å². The van der Waals surface area contributed by atoms with Crippen molar-refractivity contribution in [1.29, 1.82) is 0 Å². The minimum atomic E-state index is -1.72. The van der Waals surface area contributed by atoms with E-state index in [0.717, 1.165) is 22.6 Å². The highest BCUT2D eigenvalue weighted by molar-refractivity contribution is 7.54. The monoisotopic (exact) mass is 692 g/mol. The predicted octanol–water partition coefficient (Wildman–Crippen LogP) is 9.59. The van der Waals surface area contributed by atoms with Crippen molar-refractivity contribution in [3.8, 4) is 16.9 Å². The van der Waals surface area contributed by atoms with E-state index in [1.54, 1.807) is 14.0 Å². The maximum atomic E-state index is 13.1. The number of methoxy groups -OCH3 is 1. The molecule has 1 aliphatic carbocycles. The Hall–Kier alpha value is -3.18. The number of hydrogen-bond acceptors (Lipinski definition) is 4. The van der Waals surface area contributed by atoms with Crippen molar-refractivity contribution in [1.82, 2.24) is 0 Å². The van der Waals surface area contributed by atoms with Crippen LogP contribution in [-0.4, -0.2) is 42.6 Å². The van der Waals surface area contributed by atoms with Crippen molar-refractivity contribution in [3.63, 3.8) is 0 Å². The van der Waals surface area contributed by atoms with E-state index in [1.165, 1.54) is 22.3 Å². The maximum Gasteiger partial charge on any atom is 0.643 e. The number of carbonyl (C=O) groups is 2. The van der Waals surface area contributed by atoms with Crippen molar-refractivity contribution in [3.05, 3.63) is 113 Å². The smallest absolute Gasteiger partial charge is 0.497 e. The number of hydrogen-bond donors (Lipinski definition) is 1. The standard InChI is InChI=1S/C36H36N2O4.Al.3ClH/c1-23(39)38-33-19-16-25(20-32(33)36(4,22-35(38,2)3)24-14-17-26(41-5)18-15-24)37-34(40)42-21-31-29-12-8-6-10-27(29)28-11-7-9-13-30(28)31;;;;/h6-20,31H,21-22H2,1-5H3,(H,37,40);;3*1H/q;+3;;;/p-3. The van der Waals surface area contributed by atoms with Gasteiger partial charge in [-0.3, -0.25) is 10.1 Å². The molecular weight excluding hydrogens is 658 g/mol. The van der Waals surface area contributed by atoms with Crippen LogP contribution in [0.5, 0.6) is 5.75 Å². The lowest BCUT2D eigenvalue weighted by atomic mass is 9.65. The Morgan fingerprint density at radius 2 is 1.46 bits per heavy atom. The van der Waals surface area contributed by atoms with Gasteiger partial charge in [-0.15, -0.1) is 0 Å². The summed E-state index contributed by atoms with van der Waals surface area (Å²) in [4.78, 5) is 27.9. The van der Waals surface area contributed by atoms with E-state index >= 15 is 0 Å². The number of anilines is 2. The topological polar surface area (TPSA) is 67.9 Å². The van der Waals surface area contributed by atoms with Crippen LogP contribution in [0.15, 0.2) is 91.0 Å². The summed E-state index contributed by atoms with van der Waals surface area (Å²) >= 11 is -1.72. The fourth-order valence-electron chi connectivity index (χ4n) is 7.18. The molecule has 0 saturated heterocycles. The van der Waals surface area contributed by atoms with Crippen molar-refractivity contribution >= 4 is 64.9 Å². The fraction of sp³-hybridized carbons (Fsp3) is 0.278. The lowest BCUT2D eigenvalue weighted by Gasteiger charge is -2.51. The average molecular weight is 694 g/mol. The number of amides is 2. The van der Waals surface area contributed by atoms with Crippen LogP contribution in [0.4, 0.5) is 16.2 Å². The van der Waals surface area contributed by atoms with Gasteiger partial charge in [0.25, 0.3) is 0 Å². The molecule has 0 radical (unpaired) electrons. The molecule has 10 heteroatoms. The van der Waals surface area contributed by atoms with Crippen LogP contribution in [0, 0.1) is 0 Å². The summed E-state index contributed by atoms with van der Waals surface area (Å²) in [7, 11) is 16.5. The Kier molecular flexibility index (Phi) is 10.3. The summed E-state index contributed by atoms with van der Waals surface area (Å²) in [6.45, 7) is 8.24. The Balaban J connectivity index is 0.000000985. The third-order valence-corrected chi connectivity index (χ3v) is 8.86. The molecule has 1 N–H and O–H groups in total. The molecule has 4 aromatic rings. The summed E-state index contributed by atoms with van der Waals surface area (Å²) in [5, 5.41) is 2.95. The summed E-state index contributed by atoms with van der Waals surface area (Å²) < 4.78 is 11.2. The van der Waals surface area contributed by atoms with Crippen LogP contribution in [0.3, 0.4) is 0 Å². The van der Waals surface area contributed by atoms with Gasteiger partial charge in [0.15, 0.2) is 0 Å². The number of rotatable bonds is 5. The van der Waals surface area contributed by atoms with Gasteiger partial charge in [0.2, 0.25) is 5.91 Å². The van der Waals surface area contributed by atoms with Crippen LogP contribution >= 0.6 is 30.1 Å². The summed E-state index contributed by atoms with van der Waals surface area (Å²) in [6.07, 6.45) is 0.190. The molecule has 2 amide bonds. The molecule has 238 valence electrons. The van der Waals surface area contributed by atoms with Gasteiger partial charge >= 0.3 is 17.5 Å². The molecule has 0 bridgehead atoms. The van der Waals surface area contributed by atoms with Crippen molar-refractivity contribution in [2.75, 3.05) is 23.9 Å². The highest BCUT2D eigenvalue weighted by Gasteiger charge is 2.47. The molecule has 1 heterocycles. The van der Waals surface area contributed by atoms with Gasteiger partial charge in [-0.05, 0) is 84.0 Å². The van der Waals surface area contributed by atoms with E-state index in [2.05, 4.69) is 62.5 Å². The first-order valence-electron chi connectivity index (χ1n) is 15.0. The van der Waals surface area contributed by atoms with Gasteiger partial charge in [0.1, 0.15) is 12.4 Å². The van der Waals surface area contributed by atoms with Gasteiger partial charge in [-0.2, -0.15) is 0 Å². The SMILES string of the molecule is COc1ccc(C2(C)CC(C)(C)N(C(C)=O)c3ccc(NC(=O)OCC4c5ccccc5-c5ccccc54)cc32)cc1.[Cl][Al]([Cl])[Cl]. The highest BCUT2D eigenvalue weighted by Crippen LogP contribution is 2.51. The first-order valence-corrected chi connectivity index (χ1v) is 20.2. The maximum absolute atomic E-state index is 13.1. The summed E-state index contributed by atoms with van der Waals surface area (Å²) in [5.74, 6) is 0.750. The molecule has 2 aliphatic rings. The Bertz CT molecular complexity index is 1700. The number of nitrogens with one attached hydrogen (secondary N) is 1. The molecule has 1 unspecified atom stereocenters. The lowest BCUT2D eigenvalue weighted by Crippen LogP contribution is -2.55. The molecule has 0 spiro atoms. The molecule has 0 fully saturated rings. The second kappa shape index (κ2) is 13.9. The molecule has 6 rings (SSSR count). The quantitative estimate of drug-likeness (QED) is 0.212. The van der Waals surface area contributed by atoms with Crippen LogP contribution in [-0.2, 0) is 14.9 Å². The van der Waals surface area contributed by atoms with E-state index in [9.17, 15) is 9.59 Å². The lowest BCUT2D eigenvalue weighted by molar-refractivity contribution is -0.117. The zero-order chi connectivity index (χ0) is 33.2. The van der Waals surface area contributed by atoms with Crippen molar-refractivity contribution in [2.24, 2.45) is 0 Å². The third kappa shape index (κ3) is 6.91. The second-order valence-electron chi connectivity index (χ2n) is 12.3. The molecule has 0 saturated carbocycles. The van der Waals surface area contributed by atoms with Crippen LogP contribution in [0.1, 0.15) is 62.3 Å². The molecule has 6 nitrogen and oxygen atoms in total. The Morgan fingerprint density at radius 1 is 0.891 bits per heavy atom. The summed E-state index contributed by atoms with van der Waals surface area (Å²) in [5.41, 5.74) is 7.41. The van der Waals surface area contributed by atoms with Crippen LogP contribution in [0.25, 0.3) is 11.1 Å². The van der Waals surface area contributed by atoms with E-state index < -0.39 is 28.4 Å². The normalized spacial score (nSPS) is 17.4. The minimum Gasteiger partial charge on any atom is -0.497 e. The van der Waals surface area contributed by atoms with Gasteiger partial charge in [-0.25, -0.2) is 34.9 Å². The van der Waals surface area contributed by atoms with Gasteiger partial charge in [-0.1, -0.05) is 67.6 Å². The average Bonchev–Trinajstić information content (AvgIpc) is 3.33. The Morgan fingerprint density at radius 3 is 2.00 bits per heavy atom. The zero-order valence-corrected chi connectivity index (χ0v) is 29.9. The van der Waals surface area contributed by atoms with Crippen molar-refractivity contribution < 1.29 is 19.1 Å². The largest absolute Gasteiger partial charge is 0.643 e. The van der Waals surface area contributed by atoms with Crippen LogP contribution < -0.4 is 15.0 Å². The minimum absolute atomic E-state index is 0.0172. The van der Waals surface area contributed by atoms with Gasteiger partial charge < -0.3 is 14.4 Å². The van der Waals surface area contributed by atoms with Gasteiger partial charge in [0.05, 0.1) is 7.11 Å². The zero-order valence-electron chi connectivity index (χ0n) is 26.4. The number of nitrogens with zero attached hydrogens (tertiary/aromatic N) is 1.